The van der Waals surface area contributed by atoms with Crippen LogP contribution in [0.1, 0.15) is 57.6 Å². The molecule has 1 aliphatic carbocycles. The van der Waals surface area contributed by atoms with Gasteiger partial charge in [-0.25, -0.2) is 0 Å². The first-order valence-corrected chi connectivity index (χ1v) is 6.70. The number of carbonyl (C=O) groups is 1. The van der Waals surface area contributed by atoms with E-state index in [2.05, 4.69) is 31.2 Å². The lowest BCUT2D eigenvalue weighted by atomic mass is 9.94. The zero-order valence-electron chi connectivity index (χ0n) is 11.9. The minimum absolute atomic E-state index is 0.0521. The van der Waals surface area contributed by atoms with Crippen molar-refractivity contribution in [1.82, 2.24) is 15.1 Å². The van der Waals surface area contributed by atoms with E-state index >= 15 is 0 Å². The van der Waals surface area contributed by atoms with E-state index in [1.165, 1.54) is 0 Å². The third-order valence-electron chi connectivity index (χ3n) is 4.27. The van der Waals surface area contributed by atoms with Crippen molar-refractivity contribution in [1.29, 1.82) is 0 Å². The molecule has 0 spiro atoms. The van der Waals surface area contributed by atoms with Crippen molar-refractivity contribution in [3.8, 4) is 0 Å². The van der Waals surface area contributed by atoms with Crippen molar-refractivity contribution >= 4 is 5.91 Å². The third kappa shape index (κ3) is 2.28. The van der Waals surface area contributed by atoms with E-state index in [-0.39, 0.29) is 17.4 Å². The maximum atomic E-state index is 12.1. The van der Waals surface area contributed by atoms with Gasteiger partial charge in [-0.3, -0.25) is 9.48 Å². The van der Waals surface area contributed by atoms with E-state index in [1.54, 1.807) is 6.07 Å². The van der Waals surface area contributed by atoms with Crippen molar-refractivity contribution in [2.24, 2.45) is 11.3 Å². The number of hydrogen-bond acceptors (Lipinski definition) is 2. The fourth-order valence-electron chi connectivity index (χ4n) is 2.21. The second-order valence-electron chi connectivity index (χ2n) is 6.17. The monoisotopic (exact) mass is 249 g/mol. The normalized spacial score (nSPS) is 26.7. The summed E-state index contributed by atoms with van der Waals surface area (Å²) in [6.45, 7) is 10.7. The zero-order valence-corrected chi connectivity index (χ0v) is 11.9. The van der Waals surface area contributed by atoms with Crippen LogP contribution in [0.5, 0.6) is 0 Å². The Labute approximate surface area is 109 Å². The molecule has 2 atom stereocenters. The number of rotatable bonds is 4. The molecule has 1 aliphatic rings. The summed E-state index contributed by atoms with van der Waals surface area (Å²) >= 11 is 0. The van der Waals surface area contributed by atoms with Gasteiger partial charge in [-0.1, -0.05) is 20.8 Å². The predicted molar refractivity (Wildman–Crippen MR) is 71.4 cm³/mol. The molecular weight excluding hydrogens is 226 g/mol. The molecule has 0 saturated heterocycles. The summed E-state index contributed by atoms with van der Waals surface area (Å²) in [5, 5.41) is 7.37. The van der Waals surface area contributed by atoms with E-state index in [0.717, 1.165) is 6.42 Å². The Kier molecular flexibility index (Phi) is 3.21. The SMILES string of the molecule is CC(C)n1ccc(C(=O)N[C@H]2C[C@]2(C)C(C)C)n1. The highest BCUT2D eigenvalue weighted by Crippen LogP contribution is 2.51. The van der Waals surface area contributed by atoms with Gasteiger partial charge in [0.15, 0.2) is 0 Å². The van der Waals surface area contributed by atoms with E-state index in [9.17, 15) is 4.79 Å². The molecule has 2 rings (SSSR count). The largest absolute Gasteiger partial charge is 0.347 e. The Morgan fingerprint density at radius 3 is 2.61 bits per heavy atom. The van der Waals surface area contributed by atoms with Crippen LogP contribution in [0.4, 0.5) is 0 Å². The molecule has 0 radical (unpaired) electrons. The maximum absolute atomic E-state index is 12.1. The summed E-state index contributed by atoms with van der Waals surface area (Å²) in [5.41, 5.74) is 0.776. The lowest BCUT2D eigenvalue weighted by Crippen LogP contribution is -2.30. The number of amides is 1. The number of nitrogens with one attached hydrogen (secondary N) is 1. The van der Waals surface area contributed by atoms with Gasteiger partial charge in [-0.15, -0.1) is 0 Å². The molecule has 0 aliphatic heterocycles. The van der Waals surface area contributed by atoms with Crippen molar-refractivity contribution in [3.05, 3.63) is 18.0 Å². The fourth-order valence-corrected chi connectivity index (χ4v) is 2.21. The minimum atomic E-state index is -0.0521. The first-order chi connectivity index (χ1) is 8.34. The molecule has 0 bridgehead atoms. The molecule has 4 heteroatoms. The molecule has 18 heavy (non-hydrogen) atoms. The van der Waals surface area contributed by atoms with Gasteiger partial charge < -0.3 is 5.32 Å². The molecule has 4 nitrogen and oxygen atoms in total. The average molecular weight is 249 g/mol. The smallest absolute Gasteiger partial charge is 0.272 e. The molecule has 1 aromatic rings. The number of carbonyl (C=O) groups excluding carboxylic acids is 1. The summed E-state index contributed by atoms with van der Waals surface area (Å²) in [7, 11) is 0. The number of nitrogens with zero attached hydrogens (tertiary/aromatic N) is 2. The molecular formula is C14H23N3O. The van der Waals surface area contributed by atoms with Crippen LogP contribution in [0.25, 0.3) is 0 Å². The molecule has 1 saturated carbocycles. The van der Waals surface area contributed by atoms with Crippen LogP contribution in [-0.2, 0) is 0 Å². The second kappa shape index (κ2) is 4.41. The van der Waals surface area contributed by atoms with Crippen LogP contribution in [-0.4, -0.2) is 21.7 Å². The average Bonchev–Trinajstić information content (AvgIpc) is 2.79. The molecule has 0 aromatic carbocycles. The first-order valence-electron chi connectivity index (χ1n) is 6.70. The predicted octanol–water partition coefficient (Wildman–Crippen LogP) is 2.63. The Hall–Kier alpha value is -1.32. The van der Waals surface area contributed by atoms with Gasteiger partial charge in [0.05, 0.1) is 0 Å². The minimum Gasteiger partial charge on any atom is -0.347 e. The Morgan fingerprint density at radius 2 is 2.17 bits per heavy atom. The van der Waals surface area contributed by atoms with Gasteiger partial charge in [0.25, 0.3) is 5.91 Å². The van der Waals surface area contributed by atoms with Crippen LogP contribution in [0.15, 0.2) is 12.3 Å². The molecule has 1 N–H and O–H groups in total. The van der Waals surface area contributed by atoms with Gasteiger partial charge in [0.2, 0.25) is 0 Å². The fraction of sp³-hybridized carbons (Fsp3) is 0.714. The number of aromatic nitrogens is 2. The van der Waals surface area contributed by atoms with E-state index in [4.69, 9.17) is 0 Å². The third-order valence-corrected chi connectivity index (χ3v) is 4.27. The van der Waals surface area contributed by atoms with Crippen LogP contribution in [0, 0.1) is 11.3 Å². The lowest BCUT2D eigenvalue weighted by molar-refractivity contribution is 0.0937. The van der Waals surface area contributed by atoms with Gasteiger partial charge in [0, 0.05) is 18.3 Å². The summed E-state index contributed by atoms with van der Waals surface area (Å²) in [4.78, 5) is 12.1. The highest BCUT2D eigenvalue weighted by Gasteiger charge is 2.52. The van der Waals surface area contributed by atoms with Crippen LogP contribution >= 0.6 is 0 Å². The number of hydrogen-bond donors (Lipinski definition) is 1. The van der Waals surface area contributed by atoms with E-state index in [0.29, 0.717) is 17.7 Å². The van der Waals surface area contributed by atoms with E-state index < -0.39 is 0 Å². The maximum Gasteiger partial charge on any atom is 0.272 e. The van der Waals surface area contributed by atoms with Gasteiger partial charge >= 0.3 is 0 Å². The Balaban J connectivity index is 1.97. The van der Waals surface area contributed by atoms with Crippen LogP contribution in [0.3, 0.4) is 0 Å². The van der Waals surface area contributed by atoms with Crippen molar-refractivity contribution in [3.63, 3.8) is 0 Å². The summed E-state index contributed by atoms with van der Waals surface area (Å²) in [6, 6.07) is 2.37. The van der Waals surface area contributed by atoms with E-state index in [1.807, 2.05) is 24.7 Å². The van der Waals surface area contributed by atoms with Crippen LogP contribution < -0.4 is 5.32 Å². The standard InChI is InChI=1S/C14H23N3O/c1-9(2)14(5)8-12(14)15-13(18)11-6-7-17(16-11)10(3)4/h6-7,9-10,12H,8H2,1-5H3,(H,15,18)/t12-,14+/m0/s1. The highest BCUT2D eigenvalue weighted by atomic mass is 16.2. The molecule has 0 unspecified atom stereocenters. The van der Waals surface area contributed by atoms with Gasteiger partial charge in [0.1, 0.15) is 5.69 Å². The molecule has 1 heterocycles. The van der Waals surface area contributed by atoms with Gasteiger partial charge in [-0.2, -0.15) is 5.10 Å². The summed E-state index contributed by atoms with van der Waals surface area (Å²) in [5.74, 6) is 0.541. The van der Waals surface area contributed by atoms with Crippen molar-refractivity contribution < 1.29 is 4.79 Å². The highest BCUT2D eigenvalue weighted by molar-refractivity contribution is 5.92. The Bertz CT molecular complexity index is 450. The lowest BCUT2D eigenvalue weighted by Gasteiger charge is -2.15. The summed E-state index contributed by atoms with van der Waals surface area (Å²) < 4.78 is 1.81. The first kappa shape index (κ1) is 13.1. The molecule has 1 aromatic heterocycles. The molecule has 1 fully saturated rings. The molecule has 100 valence electrons. The van der Waals surface area contributed by atoms with Crippen molar-refractivity contribution in [2.45, 2.75) is 53.1 Å². The van der Waals surface area contributed by atoms with Gasteiger partial charge in [-0.05, 0) is 37.7 Å². The zero-order chi connectivity index (χ0) is 13.5. The summed E-state index contributed by atoms with van der Waals surface area (Å²) in [6.07, 6.45) is 2.93. The second-order valence-corrected chi connectivity index (χ2v) is 6.17. The van der Waals surface area contributed by atoms with Crippen molar-refractivity contribution in [2.75, 3.05) is 0 Å². The van der Waals surface area contributed by atoms with Crippen LogP contribution in [0.2, 0.25) is 0 Å². The molecule has 1 amide bonds. The quantitative estimate of drug-likeness (QED) is 0.891. The Morgan fingerprint density at radius 1 is 1.50 bits per heavy atom. The topological polar surface area (TPSA) is 46.9 Å².